The van der Waals surface area contributed by atoms with Crippen LogP contribution in [-0.2, 0) is 12.0 Å². The minimum atomic E-state index is -0.689. The van der Waals surface area contributed by atoms with Crippen LogP contribution in [0, 0.1) is 5.92 Å². The van der Waals surface area contributed by atoms with Crippen molar-refractivity contribution in [3.8, 4) is 0 Å². The number of hydrogen-bond acceptors (Lipinski definition) is 5. The normalized spacial score (nSPS) is 20.1. The first-order valence-corrected chi connectivity index (χ1v) is 8.04. The lowest BCUT2D eigenvalue weighted by atomic mass is 9.94. The van der Waals surface area contributed by atoms with Crippen LogP contribution in [-0.4, -0.2) is 22.5 Å². The lowest BCUT2D eigenvalue weighted by Gasteiger charge is -2.20. The van der Waals surface area contributed by atoms with Crippen LogP contribution in [0.5, 0.6) is 0 Å². The second-order valence-electron chi connectivity index (χ2n) is 6.68. The Balaban J connectivity index is 1.52. The second-order valence-corrected chi connectivity index (χ2v) is 6.68. The van der Waals surface area contributed by atoms with Crippen LogP contribution in [0.2, 0.25) is 0 Å². The number of nitrogens with zero attached hydrogens (tertiary/aromatic N) is 3. The van der Waals surface area contributed by atoms with Gasteiger partial charge in [0.25, 0.3) is 0 Å². The van der Waals surface area contributed by atoms with Gasteiger partial charge < -0.3 is 10.2 Å². The molecule has 1 atom stereocenters. The minimum absolute atomic E-state index is 0.470. The lowest BCUT2D eigenvalue weighted by molar-refractivity contribution is 0.347. The van der Waals surface area contributed by atoms with E-state index in [1.165, 1.54) is 18.6 Å². The monoisotopic (exact) mass is 308 g/mol. The summed E-state index contributed by atoms with van der Waals surface area (Å²) in [6, 6.07) is 10.1. The molecule has 0 saturated heterocycles. The average Bonchev–Trinajstić information content (AvgIpc) is 3.07. The first-order valence-electron chi connectivity index (χ1n) is 8.04. The fourth-order valence-electron chi connectivity index (χ4n) is 2.88. The van der Waals surface area contributed by atoms with Crippen LogP contribution in [0.4, 0.5) is 0 Å². The smallest absolute Gasteiger partial charge is 0.245 e. The molecule has 2 aromatic rings. The van der Waals surface area contributed by atoms with Gasteiger partial charge in [-0.1, -0.05) is 30.3 Å². The summed E-state index contributed by atoms with van der Waals surface area (Å²) in [4.78, 5) is 4.56. The highest BCUT2D eigenvalue weighted by Crippen LogP contribution is 2.35. The number of nitrogens with two attached hydrogens (primary N) is 1. The molecule has 5 heteroatoms. The third kappa shape index (κ3) is 2.97. The largest absolute Gasteiger partial charge is 0.419 e. The molecule has 1 aliphatic heterocycles. The molecular weight excluding hydrogens is 288 g/mol. The van der Waals surface area contributed by atoms with Gasteiger partial charge in [0, 0.05) is 17.2 Å². The van der Waals surface area contributed by atoms with Crippen molar-refractivity contribution in [3.05, 3.63) is 53.8 Å². The van der Waals surface area contributed by atoms with Gasteiger partial charge in [-0.15, -0.1) is 10.2 Å². The van der Waals surface area contributed by atoms with E-state index in [0.29, 0.717) is 30.7 Å². The molecular formula is C18H20N4O. The zero-order valence-electron chi connectivity index (χ0n) is 13.2. The number of allylic oxidation sites excluding steroid dienone is 1. The first-order chi connectivity index (χ1) is 11.1. The topological polar surface area (TPSA) is 77.3 Å². The molecule has 0 unspecified atom stereocenters. The van der Waals surface area contributed by atoms with Crippen molar-refractivity contribution in [3.63, 3.8) is 0 Å². The molecule has 1 aliphatic carbocycles. The van der Waals surface area contributed by atoms with Crippen LogP contribution in [0.25, 0.3) is 5.57 Å². The maximum absolute atomic E-state index is 6.42. The van der Waals surface area contributed by atoms with E-state index in [9.17, 15) is 0 Å². The van der Waals surface area contributed by atoms with Crippen LogP contribution in [0.1, 0.15) is 37.1 Å². The molecule has 2 N–H and O–H groups in total. The third-order valence-electron chi connectivity index (χ3n) is 4.35. The van der Waals surface area contributed by atoms with Crippen LogP contribution in [0.15, 0.2) is 45.8 Å². The summed E-state index contributed by atoms with van der Waals surface area (Å²) in [7, 11) is 0. The Kier molecular flexibility index (Phi) is 3.38. The van der Waals surface area contributed by atoms with Crippen molar-refractivity contribution in [1.82, 2.24) is 10.2 Å². The van der Waals surface area contributed by atoms with E-state index in [2.05, 4.69) is 33.4 Å². The van der Waals surface area contributed by atoms with E-state index in [4.69, 9.17) is 10.2 Å². The van der Waals surface area contributed by atoms with Gasteiger partial charge in [-0.05, 0) is 37.8 Å². The third-order valence-corrected chi connectivity index (χ3v) is 4.35. The summed E-state index contributed by atoms with van der Waals surface area (Å²) in [6.45, 7) is 2.56. The van der Waals surface area contributed by atoms with E-state index in [0.717, 1.165) is 11.1 Å². The molecule has 1 aromatic heterocycles. The van der Waals surface area contributed by atoms with E-state index < -0.39 is 5.54 Å². The van der Waals surface area contributed by atoms with Crippen molar-refractivity contribution in [1.29, 1.82) is 0 Å². The summed E-state index contributed by atoms with van der Waals surface area (Å²) in [5.74, 6) is 1.66. The molecule has 2 heterocycles. The predicted molar refractivity (Wildman–Crippen MR) is 89.0 cm³/mol. The Hall–Kier alpha value is -2.27. The molecule has 0 radical (unpaired) electrons. The maximum atomic E-state index is 6.42. The van der Waals surface area contributed by atoms with Gasteiger partial charge in [0.2, 0.25) is 11.8 Å². The van der Waals surface area contributed by atoms with Crippen LogP contribution < -0.4 is 5.73 Å². The van der Waals surface area contributed by atoms with E-state index in [1.807, 2.05) is 25.1 Å². The van der Waals surface area contributed by atoms with E-state index >= 15 is 0 Å². The molecule has 0 spiro atoms. The van der Waals surface area contributed by atoms with Gasteiger partial charge in [0.1, 0.15) is 0 Å². The van der Waals surface area contributed by atoms with Crippen molar-refractivity contribution in [2.24, 2.45) is 16.6 Å². The maximum Gasteiger partial charge on any atom is 0.245 e. The van der Waals surface area contributed by atoms with Crippen molar-refractivity contribution in [2.45, 2.75) is 31.7 Å². The van der Waals surface area contributed by atoms with E-state index in [-0.39, 0.29) is 0 Å². The summed E-state index contributed by atoms with van der Waals surface area (Å²) >= 11 is 0. The molecule has 23 heavy (non-hydrogen) atoms. The van der Waals surface area contributed by atoms with Crippen molar-refractivity contribution in [2.75, 3.05) is 6.54 Å². The number of benzene rings is 1. The van der Waals surface area contributed by atoms with Crippen molar-refractivity contribution < 1.29 is 4.42 Å². The molecule has 1 fully saturated rings. The number of aromatic nitrogens is 2. The molecule has 4 rings (SSSR count). The Morgan fingerprint density at radius 3 is 2.74 bits per heavy atom. The number of hydrogen-bond donors (Lipinski definition) is 1. The SMILES string of the molecule is C[C@@](N)(Cc1ccccc1)c1nnc(C2=CC(C3CC3)=NC2)o1. The standard InChI is InChI=1S/C18H20N4O/c1-18(19,10-12-5-3-2-4-6-12)17-22-21-16(23-17)14-9-15(20-11-14)13-7-8-13/h2-6,9,13H,7-8,10-11,19H2,1H3/t18-/m1/s1. The Labute approximate surface area is 135 Å². The number of rotatable bonds is 5. The summed E-state index contributed by atoms with van der Waals surface area (Å²) in [5.41, 5.74) is 9.07. The van der Waals surface area contributed by atoms with Gasteiger partial charge in [-0.3, -0.25) is 4.99 Å². The lowest BCUT2D eigenvalue weighted by Crippen LogP contribution is -2.35. The van der Waals surface area contributed by atoms with Gasteiger partial charge >= 0.3 is 0 Å². The molecule has 118 valence electrons. The fourth-order valence-corrected chi connectivity index (χ4v) is 2.88. The van der Waals surface area contributed by atoms with Gasteiger partial charge in [-0.2, -0.15) is 0 Å². The highest BCUT2D eigenvalue weighted by atomic mass is 16.4. The number of aliphatic imine (C=N–C) groups is 1. The zero-order chi connectivity index (χ0) is 15.9. The summed E-state index contributed by atoms with van der Waals surface area (Å²) < 4.78 is 5.86. The second kappa shape index (κ2) is 5.42. The summed E-state index contributed by atoms with van der Waals surface area (Å²) in [6.07, 6.45) is 5.24. The predicted octanol–water partition coefficient (Wildman–Crippen LogP) is 2.73. The molecule has 1 aromatic carbocycles. The summed E-state index contributed by atoms with van der Waals surface area (Å²) in [5, 5.41) is 8.36. The first kappa shape index (κ1) is 14.3. The van der Waals surface area contributed by atoms with Crippen LogP contribution >= 0.6 is 0 Å². The van der Waals surface area contributed by atoms with Gasteiger partial charge in [0.05, 0.1) is 12.1 Å². The van der Waals surface area contributed by atoms with Crippen molar-refractivity contribution >= 4 is 11.3 Å². The molecule has 5 nitrogen and oxygen atoms in total. The molecule has 1 saturated carbocycles. The average molecular weight is 308 g/mol. The minimum Gasteiger partial charge on any atom is -0.419 e. The highest BCUT2D eigenvalue weighted by molar-refractivity contribution is 6.06. The Morgan fingerprint density at radius 1 is 1.22 bits per heavy atom. The van der Waals surface area contributed by atoms with Gasteiger partial charge in [-0.25, -0.2) is 0 Å². The Bertz CT molecular complexity index is 769. The quantitative estimate of drug-likeness (QED) is 0.921. The Morgan fingerprint density at radius 2 is 2.00 bits per heavy atom. The highest BCUT2D eigenvalue weighted by Gasteiger charge is 2.32. The van der Waals surface area contributed by atoms with Crippen LogP contribution in [0.3, 0.4) is 0 Å². The van der Waals surface area contributed by atoms with E-state index in [1.54, 1.807) is 0 Å². The molecule has 0 amide bonds. The molecule has 2 aliphatic rings. The van der Waals surface area contributed by atoms with Gasteiger partial charge in [0.15, 0.2) is 0 Å². The molecule has 0 bridgehead atoms. The zero-order valence-corrected chi connectivity index (χ0v) is 13.2. The fraction of sp³-hybridized carbons (Fsp3) is 0.389.